The maximum absolute atomic E-state index is 13.1. The Balaban J connectivity index is 2.28. The van der Waals surface area contributed by atoms with E-state index in [1.54, 1.807) is 26.2 Å². The summed E-state index contributed by atoms with van der Waals surface area (Å²) < 4.78 is 18.3. The van der Waals surface area contributed by atoms with Crippen LogP contribution in [0.25, 0.3) is 0 Å². The number of benzene rings is 2. The lowest BCUT2D eigenvalue weighted by atomic mass is 9.98. The molecular formula is C17H17FO2. The van der Waals surface area contributed by atoms with E-state index in [9.17, 15) is 9.18 Å². The van der Waals surface area contributed by atoms with Crippen LogP contribution in [0.4, 0.5) is 4.39 Å². The Kier molecular flexibility index (Phi) is 4.18. The molecule has 0 N–H and O–H groups in total. The quantitative estimate of drug-likeness (QED) is 0.790. The van der Waals surface area contributed by atoms with Gasteiger partial charge in [-0.15, -0.1) is 0 Å². The summed E-state index contributed by atoms with van der Waals surface area (Å²) in [6, 6.07) is 9.97. The average Bonchev–Trinajstić information content (AvgIpc) is 2.41. The normalized spacial score (nSPS) is 10.4. The minimum atomic E-state index is -0.286. The molecule has 0 saturated heterocycles. The third-order valence-corrected chi connectivity index (χ3v) is 3.31. The van der Waals surface area contributed by atoms with Gasteiger partial charge in [0.1, 0.15) is 11.6 Å². The highest BCUT2D eigenvalue weighted by atomic mass is 19.1. The fraction of sp³-hybridized carbons (Fsp3) is 0.235. The van der Waals surface area contributed by atoms with E-state index in [4.69, 9.17) is 4.74 Å². The summed E-state index contributed by atoms with van der Waals surface area (Å²) in [5.41, 5.74) is 3.21. The van der Waals surface area contributed by atoms with E-state index in [0.717, 1.165) is 16.7 Å². The summed E-state index contributed by atoms with van der Waals surface area (Å²) in [5, 5.41) is 0. The molecule has 0 unspecified atom stereocenters. The van der Waals surface area contributed by atoms with Crippen molar-refractivity contribution < 1.29 is 13.9 Å². The summed E-state index contributed by atoms with van der Waals surface area (Å²) in [5.74, 6) is 0.262. The fourth-order valence-electron chi connectivity index (χ4n) is 2.15. The maximum atomic E-state index is 13.1. The highest BCUT2D eigenvalue weighted by Crippen LogP contribution is 2.22. The molecule has 0 fully saturated rings. The Morgan fingerprint density at radius 2 is 1.90 bits per heavy atom. The van der Waals surface area contributed by atoms with E-state index in [2.05, 4.69) is 0 Å². The molecule has 20 heavy (non-hydrogen) atoms. The first-order chi connectivity index (χ1) is 9.51. The molecule has 0 aromatic heterocycles. The van der Waals surface area contributed by atoms with Crippen molar-refractivity contribution in [1.82, 2.24) is 0 Å². The second-order valence-corrected chi connectivity index (χ2v) is 4.87. The van der Waals surface area contributed by atoms with Gasteiger partial charge in [-0.05, 0) is 54.8 Å². The first-order valence-electron chi connectivity index (χ1n) is 6.44. The number of rotatable bonds is 4. The first-order valence-corrected chi connectivity index (χ1v) is 6.44. The van der Waals surface area contributed by atoms with Crippen LogP contribution >= 0.6 is 0 Å². The molecule has 3 heteroatoms. The highest BCUT2D eigenvalue weighted by Gasteiger charge is 2.14. The van der Waals surface area contributed by atoms with Gasteiger partial charge in [0.15, 0.2) is 5.78 Å². The molecule has 2 nitrogen and oxygen atoms in total. The predicted octanol–water partition coefficient (Wildman–Crippen LogP) is 3.88. The molecule has 0 spiro atoms. The van der Waals surface area contributed by atoms with Crippen molar-refractivity contribution in [3.63, 3.8) is 0 Å². The third kappa shape index (κ3) is 3.05. The van der Waals surface area contributed by atoms with Crippen LogP contribution in [0.1, 0.15) is 27.0 Å². The number of halogens is 1. The van der Waals surface area contributed by atoms with Crippen molar-refractivity contribution >= 4 is 5.78 Å². The lowest BCUT2D eigenvalue weighted by Crippen LogP contribution is -2.07. The summed E-state index contributed by atoms with van der Waals surface area (Å²) in [6.07, 6.45) is 0.242. The van der Waals surface area contributed by atoms with Gasteiger partial charge < -0.3 is 4.74 Å². The van der Waals surface area contributed by atoms with Gasteiger partial charge in [-0.3, -0.25) is 4.79 Å². The monoisotopic (exact) mass is 272 g/mol. The molecule has 2 rings (SSSR count). The van der Waals surface area contributed by atoms with Crippen molar-refractivity contribution in [2.24, 2.45) is 0 Å². The Morgan fingerprint density at radius 3 is 2.55 bits per heavy atom. The molecule has 0 amide bonds. The van der Waals surface area contributed by atoms with Gasteiger partial charge in [-0.2, -0.15) is 0 Å². The summed E-state index contributed by atoms with van der Waals surface area (Å²) >= 11 is 0. The molecule has 104 valence electrons. The lowest BCUT2D eigenvalue weighted by Gasteiger charge is -2.10. The zero-order chi connectivity index (χ0) is 14.7. The number of methoxy groups -OCH3 is 1. The van der Waals surface area contributed by atoms with Crippen LogP contribution in [0.15, 0.2) is 36.4 Å². The number of Topliss-reactive ketones (excluding diaryl/α,β-unsaturated/α-hetero) is 1. The maximum Gasteiger partial charge on any atom is 0.170 e. The molecular weight excluding hydrogens is 255 g/mol. The Labute approximate surface area is 118 Å². The first kappa shape index (κ1) is 14.3. The molecule has 0 heterocycles. The minimum absolute atomic E-state index is 0.0310. The van der Waals surface area contributed by atoms with E-state index in [0.29, 0.717) is 11.3 Å². The number of carbonyl (C=O) groups is 1. The lowest BCUT2D eigenvalue weighted by molar-refractivity contribution is 0.0990. The standard InChI is InChI=1S/C17H17FO2/c1-11-4-7-15(17(8-11)20-3)16(19)10-13-5-6-14(18)9-12(13)2/h4-9H,10H2,1-3H3. The fourth-order valence-corrected chi connectivity index (χ4v) is 2.15. The molecule has 2 aromatic carbocycles. The average molecular weight is 272 g/mol. The van der Waals surface area contributed by atoms with Crippen LogP contribution in [0.3, 0.4) is 0 Å². The summed E-state index contributed by atoms with van der Waals surface area (Å²) in [4.78, 5) is 12.4. The SMILES string of the molecule is COc1cc(C)ccc1C(=O)Cc1ccc(F)cc1C. The second-order valence-electron chi connectivity index (χ2n) is 4.87. The molecule has 2 aromatic rings. The van der Waals surface area contributed by atoms with Crippen molar-refractivity contribution in [1.29, 1.82) is 0 Å². The Morgan fingerprint density at radius 1 is 1.15 bits per heavy atom. The molecule has 0 aliphatic heterocycles. The molecule has 0 bridgehead atoms. The predicted molar refractivity (Wildman–Crippen MR) is 76.9 cm³/mol. The van der Waals surface area contributed by atoms with Crippen molar-refractivity contribution in [2.75, 3.05) is 7.11 Å². The molecule has 0 aliphatic rings. The van der Waals surface area contributed by atoms with Crippen LogP contribution in [0.5, 0.6) is 5.75 Å². The second kappa shape index (κ2) is 5.87. The van der Waals surface area contributed by atoms with Gasteiger partial charge in [0.05, 0.1) is 12.7 Å². The topological polar surface area (TPSA) is 26.3 Å². The van der Waals surface area contributed by atoms with Crippen molar-refractivity contribution in [3.8, 4) is 5.75 Å². The van der Waals surface area contributed by atoms with E-state index in [1.807, 2.05) is 19.1 Å². The molecule has 0 radical (unpaired) electrons. The number of ketones is 1. The Bertz CT molecular complexity index is 647. The van der Waals surface area contributed by atoms with Crippen LogP contribution in [0, 0.1) is 19.7 Å². The number of aryl methyl sites for hydroxylation is 2. The molecule has 0 atom stereocenters. The smallest absolute Gasteiger partial charge is 0.170 e. The van der Waals surface area contributed by atoms with E-state index in [1.165, 1.54) is 12.1 Å². The molecule has 0 saturated carbocycles. The van der Waals surface area contributed by atoms with Crippen LogP contribution < -0.4 is 4.74 Å². The summed E-state index contributed by atoms with van der Waals surface area (Å²) in [6.45, 7) is 3.75. The van der Waals surface area contributed by atoms with Crippen molar-refractivity contribution in [3.05, 3.63) is 64.5 Å². The van der Waals surface area contributed by atoms with Gasteiger partial charge in [-0.1, -0.05) is 12.1 Å². The highest BCUT2D eigenvalue weighted by molar-refractivity contribution is 6.00. The zero-order valence-corrected chi connectivity index (χ0v) is 11.9. The van der Waals surface area contributed by atoms with Gasteiger partial charge >= 0.3 is 0 Å². The number of carbonyl (C=O) groups excluding carboxylic acids is 1. The van der Waals surface area contributed by atoms with Gasteiger partial charge in [-0.25, -0.2) is 4.39 Å². The van der Waals surface area contributed by atoms with Crippen LogP contribution in [-0.4, -0.2) is 12.9 Å². The third-order valence-electron chi connectivity index (χ3n) is 3.31. The molecule has 0 aliphatic carbocycles. The van der Waals surface area contributed by atoms with E-state index >= 15 is 0 Å². The van der Waals surface area contributed by atoms with E-state index in [-0.39, 0.29) is 18.0 Å². The largest absolute Gasteiger partial charge is 0.496 e. The van der Waals surface area contributed by atoms with Gasteiger partial charge in [0, 0.05) is 6.42 Å². The van der Waals surface area contributed by atoms with E-state index < -0.39 is 0 Å². The van der Waals surface area contributed by atoms with Gasteiger partial charge in [0.2, 0.25) is 0 Å². The van der Waals surface area contributed by atoms with Crippen LogP contribution in [0.2, 0.25) is 0 Å². The van der Waals surface area contributed by atoms with Gasteiger partial charge in [0.25, 0.3) is 0 Å². The van der Waals surface area contributed by atoms with Crippen LogP contribution in [-0.2, 0) is 6.42 Å². The number of hydrogen-bond acceptors (Lipinski definition) is 2. The number of hydrogen-bond donors (Lipinski definition) is 0. The zero-order valence-electron chi connectivity index (χ0n) is 11.9. The Hall–Kier alpha value is -2.16. The minimum Gasteiger partial charge on any atom is -0.496 e. The number of ether oxygens (including phenoxy) is 1. The van der Waals surface area contributed by atoms with Crippen molar-refractivity contribution in [2.45, 2.75) is 20.3 Å². The summed E-state index contributed by atoms with van der Waals surface area (Å²) in [7, 11) is 1.55.